The molecule has 2 atom stereocenters. The second-order valence-corrected chi connectivity index (χ2v) is 10.3. The molecule has 0 spiro atoms. The van der Waals surface area contributed by atoms with E-state index in [9.17, 15) is 14.3 Å². The van der Waals surface area contributed by atoms with Gasteiger partial charge in [-0.25, -0.2) is 9.18 Å². The SMILES string of the molecule is Cc1c(F)cccc1C1(O)CC2CCCC(C1)N2C(=O)OCC1c2ccccc2-c2ccccc21. The molecule has 6 rings (SSSR count). The molecule has 2 heterocycles. The Morgan fingerprint density at radius 1 is 0.971 bits per heavy atom. The number of piperidine rings is 2. The summed E-state index contributed by atoms with van der Waals surface area (Å²) in [4.78, 5) is 15.3. The topological polar surface area (TPSA) is 49.8 Å². The van der Waals surface area contributed by atoms with Crippen LogP contribution in [-0.4, -0.2) is 34.8 Å². The van der Waals surface area contributed by atoms with E-state index < -0.39 is 5.60 Å². The number of ether oxygens (including phenoxy) is 1. The first-order valence-electron chi connectivity index (χ1n) is 12.6. The van der Waals surface area contributed by atoms with Crippen molar-refractivity contribution < 1.29 is 19.0 Å². The van der Waals surface area contributed by atoms with Crippen molar-refractivity contribution in [2.75, 3.05) is 6.61 Å². The van der Waals surface area contributed by atoms with Crippen LogP contribution in [0.5, 0.6) is 0 Å². The number of hydrogen-bond acceptors (Lipinski definition) is 3. The molecule has 2 aliphatic heterocycles. The zero-order valence-electron chi connectivity index (χ0n) is 19.9. The summed E-state index contributed by atoms with van der Waals surface area (Å²) in [6.45, 7) is 2.01. The highest BCUT2D eigenvalue weighted by atomic mass is 19.1. The van der Waals surface area contributed by atoms with Crippen LogP contribution in [-0.2, 0) is 10.3 Å². The molecule has 1 amide bonds. The summed E-state index contributed by atoms with van der Waals surface area (Å²) in [6, 6.07) is 21.3. The zero-order chi connectivity index (χ0) is 24.2. The largest absolute Gasteiger partial charge is 0.448 e. The van der Waals surface area contributed by atoms with Gasteiger partial charge < -0.3 is 14.7 Å². The Morgan fingerprint density at radius 2 is 1.57 bits per heavy atom. The fraction of sp³-hybridized carbons (Fsp3) is 0.367. The van der Waals surface area contributed by atoms with Crippen LogP contribution in [0.4, 0.5) is 9.18 Å². The first-order chi connectivity index (χ1) is 17.0. The van der Waals surface area contributed by atoms with Gasteiger partial charge in [0.1, 0.15) is 12.4 Å². The summed E-state index contributed by atoms with van der Waals surface area (Å²) >= 11 is 0. The molecule has 5 heteroatoms. The first-order valence-corrected chi connectivity index (χ1v) is 12.6. The maximum Gasteiger partial charge on any atom is 0.410 e. The minimum atomic E-state index is -1.14. The molecule has 3 aliphatic rings. The van der Waals surface area contributed by atoms with E-state index in [1.54, 1.807) is 13.0 Å². The summed E-state index contributed by atoms with van der Waals surface area (Å²) in [6.07, 6.45) is 3.14. The maximum atomic E-state index is 14.3. The highest BCUT2D eigenvalue weighted by Crippen LogP contribution is 2.47. The van der Waals surface area contributed by atoms with Crippen LogP contribution in [0.25, 0.3) is 11.1 Å². The van der Waals surface area contributed by atoms with Gasteiger partial charge in [-0.2, -0.15) is 0 Å². The normalized spacial score (nSPS) is 25.2. The van der Waals surface area contributed by atoms with Crippen LogP contribution >= 0.6 is 0 Å². The van der Waals surface area contributed by atoms with Gasteiger partial charge >= 0.3 is 6.09 Å². The number of aliphatic hydroxyl groups is 1. The van der Waals surface area contributed by atoms with Gasteiger partial charge in [-0.05, 0) is 65.6 Å². The van der Waals surface area contributed by atoms with Crippen LogP contribution in [0.2, 0.25) is 0 Å². The van der Waals surface area contributed by atoms with Crippen LogP contribution < -0.4 is 0 Å². The van der Waals surface area contributed by atoms with Crippen molar-refractivity contribution in [1.29, 1.82) is 0 Å². The third-order valence-electron chi connectivity index (χ3n) is 8.32. The molecule has 0 aromatic heterocycles. The molecule has 2 bridgehead atoms. The fourth-order valence-corrected chi connectivity index (χ4v) is 6.73. The van der Waals surface area contributed by atoms with Gasteiger partial charge in [0.15, 0.2) is 0 Å². The monoisotopic (exact) mass is 471 g/mol. The Kier molecular flexibility index (Phi) is 5.41. The molecule has 3 aromatic rings. The third kappa shape index (κ3) is 3.64. The highest BCUT2D eigenvalue weighted by molar-refractivity contribution is 5.79. The van der Waals surface area contributed by atoms with E-state index in [0.717, 1.165) is 19.3 Å². The lowest BCUT2D eigenvalue weighted by Crippen LogP contribution is -2.59. The molecule has 2 unspecified atom stereocenters. The van der Waals surface area contributed by atoms with Crippen molar-refractivity contribution in [2.45, 2.75) is 62.6 Å². The molecule has 4 nitrogen and oxygen atoms in total. The third-order valence-corrected chi connectivity index (χ3v) is 8.32. The predicted octanol–water partition coefficient (Wildman–Crippen LogP) is 6.29. The smallest absolute Gasteiger partial charge is 0.410 e. The van der Waals surface area contributed by atoms with Crippen LogP contribution in [0, 0.1) is 12.7 Å². The minimum absolute atomic E-state index is 0.0165. The second kappa shape index (κ2) is 8.49. The van der Waals surface area contributed by atoms with Crippen LogP contribution in [0.15, 0.2) is 66.7 Å². The number of fused-ring (bicyclic) bond motifs is 5. The number of rotatable bonds is 3. The Balaban J connectivity index is 1.22. The molecule has 35 heavy (non-hydrogen) atoms. The average Bonchev–Trinajstić information content (AvgIpc) is 3.17. The number of benzene rings is 3. The van der Waals surface area contributed by atoms with E-state index >= 15 is 0 Å². The second-order valence-electron chi connectivity index (χ2n) is 10.3. The van der Waals surface area contributed by atoms with Crippen LogP contribution in [0.3, 0.4) is 0 Å². The fourth-order valence-electron chi connectivity index (χ4n) is 6.73. The number of halogens is 1. The Bertz CT molecular complexity index is 1230. The van der Waals surface area contributed by atoms with Crippen molar-refractivity contribution in [2.24, 2.45) is 0 Å². The van der Waals surface area contributed by atoms with Crippen molar-refractivity contribution >= 4 is 6.09 Å². The molecular formula is C30H30FNO3. The lowest BCUT2D eigenvalue weighted by Gasteiger charge is -2.51. The summed E-state index contributed by atoms with van der Waals surface area (Å²) < 4.78 is 20.2. The van der Waals surface area contributed by atoms with E-state index in [1.165, 1.54) is 28.3 Å². The van der Waals surface area contributed by atoms with Crippen LogP contribution in [0.1, 0.15) is 60.3 Å². The van der Waals surface area contributed by atoms with E-state index in [4.69, 9.17) is 4.74 Å². The Morgan fingerprint density at radius 3 is 2.20 bits per heavy atom. The van der Waals surface area contributed by atoms with Crippen molar-refractivity contribution in [3.05, 3.63) is 94.8 Å². The Labute approximate surface area is 205 Å². The zero-order valence-corrected chi connectivity index (χ0v) is 19.9. The predicted molar refractivity (Wildman–Crippen MR) is 133 cm³/mol. The quantitative estimate of drug-likeness (QED) is 0.489. The molecular weight excluding hydrogens is 441 g/mol. The van der Waals surface area contributed by atoms with E-state index in [0.29, 0.717) is 24.0 Å². The molecule has 180 valence electrons. The van der Waals surface area contributed by atoms with Gasteiger partial charge in [0, 0.05) is 30.8 Å². The summed E-state index contributed by atoms with van der Waals surface area (Å²) in [5.41, 5.74) is 4.78. The highest BCUT2D eigenvalue weighted by Gasteiger charge is 2.49. The van der Waals surface area contributed by atoms with Crippen molar-refractivity contribution in [3.8, 4) is 11.1 Å². The number of hydrogen-bond donors (Lipinski definition) is 1. The summed E-state index contributed by atoms with van der Waals surface area (Å²) in [5.74, 6) is -0.289. The van der Waals surface area contributed by atoms with E-state index in [2.05, 4.69) is 24.3 Å². The lowest BCUT2D eigenvalue weighted by molar-refractivity contribution is -0.0895. The van der Waals surface area contributed by atoms with E-state index in [-0.39, 0.29) is 36.5 Å². The molecule has 2 saturated heterocycles. The molecule has 1 aliphatic carbocycles. The summed E-state index contributed by atoms with van der Waals surface area (Å²) in [7, 11) is 0. The van der Waals surface area contributed by atoms with E-state index in [1.807, 2.05) is 35.2 Å². The van der Waals surface area contributed by atoms with Gasteiger partial charge in [0.05, 0.1) is 5.60 Å². The molecule has 3 aromatic carbocycles. The van der Waals surface area contributed by atoms with Gasteiger partial charge in [0.2, 0.25) is 0 Å². The molecule has 0 saturated carbocycles. The van der Waals surface area contributed by atoms with Gasteiger partial charge in [0.25, 0.3) is 0 Å². The number of carbonyl (C=O) groups excluding carboxylic acids is 1. The molecule has 0 radical (unpaired) electrons. The number of nitrogens with zero attached hydrogens (tertiary/aromatic N) is 1. The Hall–Kier alpha value is -3.18. The minimum Gasteiger partial charge on any atom is -0.448 e. The number of carbonyl (C=O) groups is 1. The molecule has 1 N–H and O–H groups in total. The standard InChI is InChI=1S/C30H30FNO3/c1-19-27(14-7-15-28(19)31)30(34)16-20-8-6-9-21(17-30)32(20)29(33)35-18-26-24-12-4-2-10-22(24)23-11-3-5-13-25(23)26/h2-5,7,10-15,20-21,26,34H,6,8-9,16-18H2,1H3. The maximum absolute atomic E-state index is 14.3. The van der Waals surface area contributed by atoms with Crippen molar-refractivity contribution in [1.82, 2.24) is 4.90 Å². The molecule has 2 fully saturated rings. The van der Waals surface area contributed by atoms with Gasteiger partial charge in [-0.15, -0.1) is 0 Å². The average molecular weight is 472 g/mol. The first kappa shape index (κ1) is 22.3. The van der Waals surface area contributed by atoms with Crippen molar-refractivity contribution in [3.63, 3.8) is 0 Å². The van der Waals surface area contributed by atoms with Gasteiger partial charge in [-0.1, -0.05) is 60.7 Å². The van der Waals surface area contributed by atoms with Gasteiger partial charge in [-0.3, -0.25) is 0 Å². The summed E-state index contributed by atoms with van der Waals surface area (Å²) in [5, 5.41) is 11.6. The lowest BCUT2D eigenvalue weighted by atomic mass is 9.72. The number of amides is 1.